The first-order valence-electron chi connectivity index (χ1n) is 9.70. The summed E-state index contributed by atoms with van der Waals surface area (Å²) in [7, 11) is 0. The molecule has 148 valence electrons. The summed E-state index contributed by atoms with van der Waals surface area (Å²) < 4.78 is 6.36. The van der Waals surface area contributed by atoms with E-state index in [1.165, 1.54) is 11.3 Å². The second-order valence-electron chi connectivity index (χ2n) is 7.28. The molecule has 1 saturated heterocycles. The van der Waals surface area contributed by atoms with E-state index in [0.717, 1.165) is 45.4 Å². The molecule has 0 spiro atoms. The molecule has 8 heteroatoms. The molecular weight excluding hydrogens is 388 g/mol. The summed E-state index contributed by atoms with van der Waals surface area (Å²) >= 11 is 1.46. The third-order valence-electron chi connectivity index (χ3n) is 5.57. The third kappa shape index (κ3) is 3.28. The number of morpholine rings is 1. The molecule has 1 amide bonds. The van der Waals surface area contributed by atoms with Crippen LogP contribution in [0.1, 0.15) is 33.3 Å². The zero-order valence-corrected chi connectivity index (χ0v) is 16.6. The van der Waals surface area contributed by atoms with Crippen LogP contribution in [-0.4, -0.2) is 42.1 Å². The molecule has 3 heterocycles. The molecule has 5 rings (SSSR count). The largest absolute Gasteiger partial charge is 0.378 e. The Morgan fingerprint density at radius 1 is 1.28 bits per heavy atom. The predicted octanol–water partition coefficient (Wildman–Crippen LogP) is 4.27. The highest BCUT2D eigenvalue weighted by atomic mass is 32.1. The van der Waals surface area contributed by atoms with E-state index in [-0.39, 0.29) is 11.9 Å². The standard InChI is InChI=1S/C21H20N4O3S/c26-21(25-7-9-28-10-8-25)20-19(16-5-6-22-12-18(16)29-20)23-14-2-3-15-13(11-14)1-4-17(15)24-27/h2-3,5-6,11-12,17,23H,1,4,7-10H2. The number of nitrogens with zero attached hydrogens (tertiary/aromatic N) is 3. The molecule has 1 aliphatic carbocycles. The van der Waals surface area contributed by atoms with Gasteiger partial charge in [0.15, 0.2) is 0 Å². The van der Waals surface area contributed by atoms with Crippen LogP contribution >= 0.6 is 11.3 Å². The summed E-state index contributed by atoms with van der Waals surface area (Å²) in [6.07, 6.45) is 5.14. The summed E-state index contributed by atoms with van der Waals surface area (Å²) in [6.45, 7) is 2.34. The van der Waals surface area contributed by atoms with Crippen LogP contribution in [0.15, 0.2) is 41.8 Å². The summed E-state index contributed by atoms with van der Waals surface area (Å²) in [5, 5.41) is 7.68. The van der Waals surface area contributed by atoms with Crippen molar-refractivity contribution >= 4 is 38.7 Å². The minimum Gasteiger partial charge on any atom is -0.378 e. The molecule has 0 bridgehead atoms. The minimum absolute atomic E-state index is 0.0170. The molecule has 7 nitrogen and oxygen atoms in total. The number of aryl methyl sites for hydroxylation is 1. The van der Waals surface area contributed by atoms with Crippen molar-refractivity contribution < 1.29 is 9.53 Å². The Bertz CT molecular complexity index is 1090. The summed E-state index contributed by atoms with van der Waals surface area (Å²) in [5.74, 6) is 0.0170. The summed E-state index contributed by atoms with van der Waals surface area (Å²) in [6, 6.07) is 7.68. The van der Waals surface area contributed by atoms with Crippen molar-refractivity contribution in [3.05, 3.63) is 57.6 Å². The average Bonchev–Trinajstić information content (AvgIpc) is 3.35. The Morgan fingerprint density at radius 2 is 2.14 bits per heavy atom. The minimum atomic E-state index is -0.245. The van der Waals surface area contributed by atoms with Gasteiger partial charge in [0.25, 0.3) is 5.91 Å². The van der Waals surface area contributed by atoms with E-state index in [1.807, 2.05) is 23.1 Å². The van der Waals surface area contributed by atoms with Gasteiger partial charge in [0.2, 0.25) is 0 Å². The van der Waals surface area contributed by atoms with Crippen molar-refractivity contribution in [2.75, 3.05) is 31.6 Å². The summed E-state index contributed by atoms with van der Waals surface area (Å²) in [4.78, 5) is 31.0. The molecule has 2 aromatic heterocycles. The normalized spacial score (nSPS) is 18.6. The van der Waals surface area contributed by atoms with E-state index in [2.05, 4.69) is 21.5 Å². The van der Waals surface area contributed by atoms with Gasteiger partial charge in [-0.3, -0.25) is 9.78 Å². The molecule has 2 aliphatic rings. The van der Waals surface area contributed by atoms with Crippen molar-refractivity contribution in [1.29, 1.82) is 0 Å². The van der Waals surface area contributed by atoms with E-state index >= 15 is 0 Å². The van der Waals surface area contributed by atoms with E-state index in [0.29, 0.717) is 31.2 Å². The predicted molar refractivity (Wildman–Crippen MR) is 113 cm³/mol. The molecular formula is C21H20N4O3S. The number of anilines is 2. The topological polar surface area (TPSA) is 83.9 Å². The number of amides is 1. The molecule has 3 aromatic rings. The maximum Gasteiger partial charge on any atom is 0.266 e. The van der Waals surface area contributed by atoms with Crippen LogP contribution in [0.3, 0.4) is 0 Å². The summed E-state index contributed by atoms with van der Waals surface area (Å²) in [5.41, 5.74) is 3.87. The number of benzene rings is 1. The number of aromatic nitrogens is 1. The fraction of sp³-hybridized carbons (Fsp3) is 0.333. The highest BCUT2D eigenvalue weighted by molar-refractivity contribution is 7.21. The molecule has 1 atom stereocenters. The molecule has 1 aromatic carbocycles. The van der Waals surface area contributed by atoms with Gasteiger partial charge in [0.05, 0.1) is 23.6 Å². The SMILES string of the molecule is O=NC1CCc2cc(Nc3c(C(=O)N4CCOCC4)sc4cnccc34)ccc21. The Balaban J connectivity index is 1.52. The van der Waals surface area contributed by atoms with Gasteiger partial charge in [-0.15, -0.1) is 11.3 Å². The van der Waals surface area contributed by atoms with Gasteiger partial charge in [-0.2, -0.15) is 4.91 Å². The maximum atomic E-state index is 13.2. The highest BCUT2D eigenvalue weighted by Crippen LogP contribution is 2.40. The van der Waals surface area contributed by atoms with Crippen molar-refractivity contribution in [3.8, 4) is 0 Å². The van der Waals surface area contributed by atoms with Crippen LogP contribution < -0.4 is 5.32 Å². The number of fused-ring (bicyclic) bond motifs is 2. The number of nitroso groups, excluding NO2 is 1. The molecule has 1 unspecified atom stereocenters. The second kappa shape index (κ2) is 7.53. The first-order chi connectivity index (χ1) is 14.2. The van der Waals surface area contributed by atoms with Gasteiger partial charge < -0.3 is 15.0 Å². The highest BCUT2D eigenvalue weighted by Gasteiger charge is 2.26. The lowest BCUT2D eigenvalue weighted by molar-refractivity contribution is 0.0307. The molecule has 1 aliphatic heterocycles. The number of rotatable bonds is 4. The zero-order chi connectivity index (χ0) is 19.8. The first-order valence-corrected chi connectivity index (χ1v) is 10.5. The monoisotopic (exact) mass is 408 g/mol. The molecule has 1 N–H and O–H groups in total. The number of hydrogen-bond acceptors (Lipinski definition) is 7. The number of pyridine rings is 1. The lowest BCUT2D eigenvalue weighted by Gasteiger charge is -2.26. The number of carbonyl (C=O) groups excluding carboxylic acids is 1. The Morgan fingerprint density at radius 3 is 2.97 bits per heavy atom. The Labute approximate surface area is 171 Å². The van der Waals surface area contributed by atoms with E-state index in [9.17, 15) is 9.70 Å². The lowest BCUT2D eigenvalue weighted by atomic mass is 10.1. The zero-order valence-electron chi connectivity index (χ0n) is 15.8. The van der Waals surface area contributed by atoms with Crippen LogP contribution in [0.25, 0.3) is 10.1 Å². The maximum absolute atomic E-state index is 13.2. The third-order valence-corrected chi connectivity index (χ3v) is 6.70. The van der Waals surface area contributed by atoms with Crippen LogP contribution in [0.2, 0.25) is 0 Å². The van der Waals surface area contributed by atoms with E-state index in [4.69, 9.17) is 4.74 Å². The quantitative estimate of drug-likeness (QED) is 0.652. The number of thiophene rings is 1. The smallest absolute Gasteiger partial charge is 0.266 e. The first kappa shape index (κ1) is 18.2. The van der Waals surface area contributed by atoms with Gasteiger partial charge in [-0.05, 0) is 42.2 Å². The molecule has 1 fully saturated rings. The van der Waals surface area contributed by atoms with Gasteiger partial charge in [0, 0.05) is 36.6 Å². The Hall–Kier alpha value is -2.84. The number of nitrogens with one attached hydrogen (secondary N) is 1. The fourth-order valence-electron chi connectivity index (χ4n) is 4.06. The number of hydrogen-bond donors (Lipinski definition) is 1. The van der Waals surface area contributed by atoms with Crippen LogP contribution in [0.5, 0.6) is 0 Å². The van der Waals surface area contributed by atoms with Crippen molar-refractivity contribution in [3.63, 3.8) is 0 Å². The lowest BCUT2D eigenvalue weighted by Crippen LogP contribution is -2.40. The average molecular weight is 408 g/mol. The van der Waals surface area contributed by atoms with Crippen LogP contribution in [-0.2, 0) is 11.2 Å². The number of ether oxygens (including phenoxy) is 1. The van der Waals surface area contributed by atoms with Crippen molar-refractivity contribution in [2.24, 2.45) is 5.18 Å². The van der Waals surface area contributed by atoms with E-state index < -0.39 is 0 Å². The van der Waals surface area contributed by atoms with Crippen LogP contribution in [0, 0.1) is 4.91 Å². The van der Waals surface area contributed by atoms with Gasteiger partial charge in [-0.25, -0.2) is 0 Å². The van der Waals surface area contributed by atoms with E-state index in [1.54, 1.807) is 12.4 Å². The second-order valence-corrected chi connectivity index (χ2v) is 8.33. The molecule has 29 heavy (non-hydrogen) atoms. The Kier molecular flexibility index (Phi) is 4.73. The van der Waals surface area contributed by atoms with Crippen molar-refractivity contribution in [1.82, 2.24) is 9.88 Å². The number of carbonyl (C=O) groups is 1. The van der Waals surface area contributed by atoms with Crippen LogP contribution in [0.4, 0.5) is 11.4 Å². The van der Waals surface area contributed by atoms with Crippen molar-refractivity contribution in [2.45, 2.75) is 18.9 Å². The molecule has 0 saturated carbocycles. The van der Waals surface area contributed by atoms with Gasteiger partial charge in [0.1, 0.15) is 10.9 Å². The van der Waals surface area contributed by atoms with Gasteiger partial charge in [-0.1, -0.05) is 11.2 Å². The fourth-order valence-corrected chi connectivity index (χ4v) is 5.16. The van der Waals surface area contributed by atoms with Gasteiger partial charge >= 0.3 is 0 Å². The molecule has 0 radical (unpaired) electrons.